The van der Waals surface area contributed by atoms with Crippen LogP contribution in [0.2, 0.25) is 0 Å². The topological polar surface area (TPSA) is 101 Å². The minimum atomic E-state index is -3.67. The first kappa shape index (κ1) is 24.0. The second-order valence-corrected chi connectivity index (χ2v) is 10.9. The van der Waals surface area contributed by atoms with Crippen molar-refractivity contribution in [2.24, 2.45) is 0 Å². The maximum absolute atomic E-state index is 13.7. The molecule has 3 heterocycles. The van der Waals surface area contributed by atoms with Crippen molar-refractivity contribution in [2.75, 3.05) is 63.2 Å². The van der Waals surface area contributed by atoms with Gasteiger partial charge in [-0.05, 0) is 49.6 Å². The Hall–Kier alpha value is -3.16. The second kappa shape index (κ2) is 9.99. The van der Waals surface area contributed by atoms with E-state index in [-0.39, 0.29) is 10.8 Å². The number of carbonyl (C=O) groups is 1. The standard InChI is InChI=1S/C24H30N6O3S/c1-27(2)34(32,33)20-8-9-22(28-11-3-4-12-28)21(17-20)24(31)30-14-6-13-29(15-16-30)23-19(18-25)7-5-10-26-23/h5,7-10,17H,3-4,6,11-16H2,1-2H3. The minimum absolute atomic E-state index is 0.118. The Kier molecular flexibility index (Phi) is 7.05. The van der Waals surface area contributed by atoms with Gasteiger partial charge in [-0.1, -0.05) is 0 Å². The van der Waals surface area contributed by atoms with E-state index in [1.54, 1.807) is 35.4 Å². The fourth-order valence-corrected chi connectivity index (χ4v) is 5.46. The summed E-state index contributed by atoms with van der Waals surface area (Å²) in [6.07, 6.45) is 4.50. The largest absolute Gasteiger partial charge is 0.371 e. The molecule has 2 fully saturated rings. The van der Waals surface area contributed by atoms with Gasteiger partial charge in [-0.2, -0.15) is 5.26 Å². The first-order chi connectivity index (χ1) is 16.3. The molecule has 2 aromatic rings. The molecule has 2 aliphatic heterocycles. The molecule has 0 saturated carbocycles. The highest BCUT2D eigenvalue weighted by atomic mass is 32.2. The average Bonchev–Trinajstić information content (AvgIpc) is 3.27. The Morgan fingerprint density at radius 1 is 1.00 bits per heavy atom. The van der Waals surface area contributed by atoms with Crippen molar-refractivity contribution in [1.82, 2.24) is 14.2 Å². The van der Waals surface area contributed by atoms with Crippen LogP contribution in [0.4, 0.5) is 11.5 Å². The van der Waals surface area contributed by atoms with Gasteiger partial charge in [0.25, 0.3) is 5.91 Å². The third-order valence-corrected chi connectivity index (χ3v) is 8.22. The van der Waals surface area contributed by atoms with Crippen LogP contribution in [0, 0.1) is 11.3 Å². The number of amides is 1. The molecule has 10 heteroatoms. The van der Waals surface area contributed by atoms with Gasteiger partial charge in [0.05, 0.1) is 16.0 Å². The lowest BCUT2D eigenvalue weighted by Crippen LogP contribution is -2.36. The number of rotatable bonds is 5. The van der Waals surface area contributed by atoms with Crippen molar-refractivity contribution in [3.8, 4) is 6.07 Å². The van der Waals surface area contributed by atoms with Gasteiger partial charge in [-0.25, -0.2) is 17.7 Å². The van der Waals surface area contributed by atoms with E-state index >= 15 is 0 Å². The first-order valence-electron chi connectivity index (χ1n) is 11.5. The number of pyridine rings is 1. The van der Waals surface area contributed by atoms with Crippen molar-refractivity contribution >= 4 is 27.4 Å². The molecule has 1 amide bonds. The lowest BCUT2D eigenvalue weighted by Gasteiger charge is -2.27. The van der Waals surface area contributed by atoms with E-state index in [4.69, 9.17) is 0 Å². The molecule has 34 heavy (non-hydrogen) atoms. The number of aromatic nitrogens is 1. The van der Waals surface area contributed by atoms with E-state index in [9.17, 15) is 18.5 Å². The van der Waals surface area contributed by atoms with Gasteiger partial charge in [0, 0.05) is 65.2 Å². The molecule has 1 aromatic heterocycles. The predicted octanol–water partition coefficient (Wildman–Crippen LogP) is 2.16. The van der Waals surface area contributed by atoms with Gasteiger partial charge >= 0.3 is 0 Å². The number of hydrogen-bond acceptors (Lipinski definition) is 7. The molecular weight excluding hydrogens is 452 g/mol. The first-order valence-corrected chi connectivity index (χ1v) is 13.0. The lowest BCUT2D eigenvalue weighted by molar-refractivity contribution is 0.0767. The van der Waals surface area contributed by atoms with Crippen LogP contribution < -0.4 is 9.80 Å². The quantitative estimate of drug-likeness (QED) is 0.644. The molecular formula is C24H30N6O3S. The summed E-state index contributed by atoms with van der Waals surface area (Å²) in [6, 6.07) is 10.6. The summed E-state index contributed by atoms with van der Waals surface area (Å²) >= 11 is 0. The number of nitriles is 1. The average molecular weight is 483 g/mol. The van der Waals surface area contributed by atoms with Crippen molar-refractivity contribution in [2.45, 2.75) is 24.2 Å². The molecule has 0 N–H and O–H groups in total. The summed E-state index contributed by atoms with van der Waals surface area (Å²) < 4.78 is 26.7. The van der Waals surface area contributed by atoms with Crippen LogP contribution in [0.15, 0.2) is 41.4 Å². The van der Waals surface area contributed by atoms with Crippen LogP contribution in [0.3, 0.4) is 0 Å². The summed E-state index contributed by atoms with van der Waals surface area (Å²) in [4.78, 5) is 24.2. The highest BCUT2D eigenvalue weighted by molar-refractivity contribution is 7.89. The molecule has 2 aliphatic rings. The molecule has 4 rings (SSSR count). The summed E-state index contributed by atoms with van der Waals surface area (Å²) in [5, 5.41) is 9.43. The highest BCUT2D eigenvalue weighted by Crippen LogP contribution is 2.30. The van der Waals surface area contributed by atoms with Crippen LogP contribution in [0.25, 0.3) is 0 Å². The fourth-order valence-electron chi connectivity index (χ4n) is 4.53. The number of carbonyl (C=O) groups excluding carboxylic acids is 1. The minimum Gasteiger partial charge on any atom is -0.371 e. The highest BCUT2D eigenvalue weighted by Gasteiger charge is 2.28. The van der Waals surface area contributed by atoms with Gasteiger partial charge < -0.3 is 14.7 Å². The molecule has 0 spiro atoms. The van der Waals surface area contributed by atoms with E-state index in [1.807, 2.05) is 4.90 Å². The molecule has 0 unspecified atom stereocenters. The Labute approximate surface area is 201 Å². The van der Waals surface area contributed by atoms with Crippen molar-refractivity contribution in [1.29, 1.82) is 5.26 Å². The maximum atomic E-state index is 13.7. The maximum Gasteiger partial charge on any atom is 0.256 e. The van der Waals surface area contributed by atoms with E-state index in [0.29, 0.717) is 43.1 Å². The van der Waals surface area contributed by atoms with E-state index in [2.05, 4.69) is 16.0 Å². The molecule has 0 bridgehead atoms. The molecule has 1 aromatic carbocycles. The smallest absolute Gasteiger partial charge is 0.256 e. The van der Waals surface area contributed by atoms with Crippen LogP contribution in [0.1, 0.15) is 35.2 Å². The van der Waals surface area contributed by atoms with Gasteiger partial charge in [0.1, 0.15) is 11.9 Å². The molecule has 180 valence electrons. The van der Waals surface area contributed by atoms with E-state index in [1.165, 1.54) is 20.2 Å². The molecule has 0 radical (unpaired) electrons. The van der Waals surface area contributed by atoms with E-state index < -0.39 is 10.0 Å². The number of nitrogens with zero attached hydrogens (tertiary/aromatic N) is 6. The van der Waals surface area contributed by atoms with Crippen molar-refractivity contribution in [3.63, 3.8) is 0 Å². The Bertz CT molecular complexity index is 1200. The zero-order chi connectivity index (χ0) is 24.3. The third-order valence-electron chi connectivity index (χ3n) is 6.41. The third kappa shape index (κ3) is 4.72. The van der Waals surface area contributed by atoms with Crippen molar-refractivity contribution < 1.29 is 13.2 Å². The number of anilines is 2. The molecule has 0 atom stereocenters. The van der Waals surface area contributed by atoms with E-state index in [0.717, 1.165) is 42.3 Å². The fraction of sp³-hybridized carbons (Fsp3) is 0.458. The summed E-state index contributed by atoms with van der Waals surface area (Å²) in [6.45, 7) is 3.95. The van der Waals surface area contributed by atoms with Crippen LogP contribution >= 0.6 is 0 Å². The van der Waals surface area contributed by atoms with Crippen LogP contribution in [0.5, 0.6) is 0 Å². The monoisotopic (exact) mass is 482 g/mol. The zero-order valence-corrected chi connectivity index (χ0v) is 20.5. The van der Waals surface area contributed by atoms with Gasteiger partial charge in [0.15, 0.2) is 0 Å². The second-order valence-electron chi connectivity index (χ2n) is 8.78. The number of benzene rings is 1. The Balaban J connectivity index is 1.63. The molecule has 0 aliphatic carbocycles. The SMILES string of the molecule is CN(C)S(=O)(=O)c1ccc(N2CCCC2)c(C(=O)N2CCCN(c3ncccc3C#N)CC2)c1. The summed E-state index contributed by atoms with van der Waals surface area (Å²) in [5.74, 6) is 0.470. The predicted molar refractivity (Wildman–Crippen MR) is 130 cm³/mol. The van der Waals surface area contributed by atoms with Crippen LogP contribution in [-0.4, -0.2) is 81.9 Å². The van der Waals surface area contributed by atoms with Gasteiger partial charge in [-0.3, -0.25) is 4.79 Å². The normalized spacial score (nSPS) is 17.1. The van der Waals surface area contributed by atoms with Crippen molar-refractivity contribution in [3.05, 3.63) is 47.7 Å². The number of sulfonamides is 1. The number of hydrogen-bond donors (Lipinski definition) is 0. The zero-order valence-electron chi connectivity index (χ0n) is 19.6. The Morgan fingerprint density at radius 3 is 2.44 bits per heavy atom. The molecule has 2 saturated heterocycles. The van der Waals surface area contributed by atoms with Crippen LogP contribution in [-0.2, 0) is 10.0 Å². The summed E-state index contributed by atoms with van der Waals surface area (Å²) in [7, 11) is -0.691. The molecule has 9 nitrogen and oxygen atoms in total. The van der Waals surface area contributed by atoms with Gasteiger partial charge in [-0.15, -0.1) is 0 Å². The Morgan fingerprint density at radius 2 is 1.74 bits per heavy atom. The summed E-state index contributed by atoms with van der Waals surface area (Å²) in [5.41, 5.74) is 1.73. The van der Waals surface area contributed by atoms with Gasteiger partial charge in [0.2, 0.25) is 10.0 Å². The lowest BCUT2D eigenvalue weighted by atomic mass is 10.1.